The molecule has 5 heteroatoms. The molecule has 2 unspecified atom stereocenters. The molecule has 0 spiro atoms. The van der Waals surface area contributed by atoms with Gasteiger partial charge < -0.3 is 14.5 Å². The van der Waals surface area contributed by atoms with E-state index in [0.717, 1.165) is 57.9 Å². The molecular weight excluding hydrogens is 653 g/mol. The fraction of sp³-hybridized carbons (Fsp3) is 0.792. The quantitative estimate of drug-likeness (QED) is 0.0357. The number of esters is 1. The van der Waals surface area contributed by atoms with Crippen molar-refractivity contribution in [1.82, 2.24) is 9.80 Å². The number of ketones is 1. The van der Waals surface area contributed by atoms with Gasteiger partial charge in [0.2, 0.25) is 0 Å². The van der Waals surface area contributed by atoms with Crippen molar-refractivity contribution in [2.45, 2.75) is 200 Å². The molecule has 0 bridgehead atoms. The van der Waals surface area contributed by atoms with Gasteiger partial charge in [0.15, 0.2) is 0 Å². The predicted octanol–water partition coefficient (Wildman–Crippen LogP) is 13.4. The number of allylic oxidation sites excluding steroid dienone is 8. The Morgan fingerprint density at radius 1 is 0.472 bits per heavy atom. The molecule has 0 aromatic heterocycles. The van der Waals surface area contributed by atoms with Crippen LogP contribution in [0.3, 0.4) is 0 Å². The van der Waals surface area contributed by atoms with Crippen molar-refractivity contribution in [2.75, 3.05) is 41.3 Å². The van der Waals surface area contributed by atoms with Crippen LogP contribution in [0.15, 0.2) is 48.6 Å². The average Bonchev–Trinajstić information content (AvgIpc) is 3.13. The van der Waals surface area contributed by atoms with Crippen LogP contribution in [0.4, 0.5) is 0 Å². The van der Waals surface area contributed by atoms with Gasteiger partial charge in [0.25, 0.3) is 0 Å². The topological polar surface area (TPSA) is 49.9 Å². The van der Waals surface area contributed by atoms with Gasteiger partial charge in [0, 0.05) is 19.5 Å². The van der Waals surface area contributed by atoms with Crippen molar-refractivity contribution in [2.24, 2.45) is 5.92 Å². The number of hydrogen-bond acceptors (Lipinski definition) is 5. The Morgan fingerprint density at radius 3 is 1.28 bits per heavy atom. The number of carbonyl (C=O) groups excluding carboxylic acids is 2. The summed E-state index contributed by atoms with van der Waals surface area (Å²) in [6.45, 7) is 5.92. The van der Waals surface area contributed by atoms with E-state index in [1.165, 1.54) is 116 Å². The van der Waals surface area contributed by atoms with Crippen molar-refractivity contribution >= 4 is 11.8 Å². The van der Waals surface area contributed by atoms with E-state index in [1.54, 1.807) is 0 Å². The number of Topliss-reactive ketones (excluding diaryl/α,β-unsaturated/α-hetero) is 1. The standard InChI is InChI=1S/C48H88N2O3/c1-7-9-11-13-15-17-19-21-23-25-27-29-31-33-35-37-39-45(46(51)41-43-49(3)4)47(53-48(52)42-44-50(5)6)40-38-36-34-32-30-28-26-24-22-20-18-16-14-12-10-8-2/h15-18,21-24,45,47H,7-14,19-20,25-44H2,1-6H3/b17-15-,18-16-,23-21-,24-22-. The van der Waals surface area contributed by atoms with E-state index in [0.29, 0.717) is 19.4 Å². The van der Waals surface area contributed by atoms with Gasteiger partial charge in [0.05, 0.1) is 12.3 Å². The molecule has 0 fully saturated rings. The first-order valence-electron chi connectivity index (χ1n) is 22.4. The molecule has 308 valence electrons. The number of ether oxygens (including phenoxy) is 1. The molecule has 0 rings (SSSR count). The molecule has 2 atom stereocenters. The summed E-state index contributed by atoms with van der Waals surface area (Å²) in [5, 5.41) is 0. The number of carbonyl (C=O) groups is 2. The maximum absolute atomic E-state index is 13.7. The number of rotatable bonds is 39. The Labute approximate surface area is 330 Å². The summed E-state index contributed by atoms with van der Waals surface area (Å²) in [5.74, 6) is -0.0833. The third kappa shape index (κ3) is 36.8. The second-order valence-electron chi connectivity index (χ2n) is 16.0. The molecule has 0 radical (unpaired) electrons. The smallest absolute Gasteiger partial charge is 0.307 e. The summed E-state index contributed by atoms with van der Waals surface area (Å²) in [6, 6.07) is 0. The molecule has 0 saturated heterocycles. The largest absolute Gasteiger partial charge is 0.462 e. The second-order valence-corrected chi connectivity index (χ2v) is 16.0. The minimum absolute atomic E-state index is 0.161. The van der Waals surface area contributed by atoms with Crippen molar-refractivity contribution < 1.29 is 14.3 Å². The van der Waals surface area contributed by atoms with Crippen LogP contribution in [-0.2, 0) is 14.3 Å². The maximum Gasteiger partial charge on any atom is 0.307 e. The van der Waals surface area contributed by atoms with Crippen LogP contribution in [0.1, 0.15) is 194 Å². The lowest BCUT2D eigenvalue weighted by atomic mass is 9.86. The number of nitrogens with zero attached hydrogens (tertiary/aromatic N) is 2. The highest BCUT2D eigenvalue weighted by atomic mass is 16.5. The van der Waals surface area contributed by atoms with Crippen molar-refractivity contribution in [3.63, 3.8) is 0 Å². The predicted molar refractivity (Wildman–Crippen MR) is 233 cm³/mol. The zero-order valence-corrected chi connectivity index (χ0v) is 36.1. The third-order valence-electron chi connectivity index (χ3n) is 10.1. The highest BCUT2D eigenvalue weighted by Gasteiger charge is 2.30. The Kier molecular flexibility index (Phi) is 38.2. The summed E-state index contributed by atoms with van der Waals surface area (Å²) in [7, 11) is 8.00. The van der Waals surface area contributed by atoms with E-state index in [-0.39, 0.29) is 23.8 Å². The molecule has 0 heterocycles. The molecule has 0 aliphatic rings. The van der Waals surface area contributed by atoms with E-state index in [4.69, 9.17) is 4.74 Å². The Balaban J connectivity index is 4.75. The molecule has 0 aromatic carbocycles. The zero-order valence-electron chi connectivity index (χ0n) is 36.1. The summed E-state index contributed by atoms with van der Waals surface area (Å²) in [6.07, 6.45) is 49.8. The van der Waals surface area contributed by atoms with Gasteiger partial charge in [-0.25, -0.2) is 0 Å². The Bertz CT molecular complexity index is 935. The fourth-order valence-corrected chi connectivity index (χ4v) is 6.64. The van der Waals surface area contributed by atoms with E-state index in [1.807, 2.05) is 33.1 Å². The first-order chi connectivity index (χ1) is 25.8. The molecule has 53 heavy (non-hydrogen) atoms. The van der Waals surface area contributed by atoms with Crippen LogP contribution < -0.4 is 0 Å². The monoisotopic (exact) mass is 741 g/mol. The van der Waals surface area contributed by atoms with Crippen molar-refractivity contribution in [1.29, 1.82) is 0 Å². The van der Waals surface area contributed by atoms with E-state index in [9.17, 15) is 9.59 Å². The summed E-state index contributed by atoms with van der Waals surface area (Å²) in [5.41, 5.74) is 0. The molecule has 0 aliphatic heterocycles. The summed E-state index contributed by atoms with van der Waals surface area (Å²) in [4.78, 5) is 30.7. The molecule has 0 aromatic rings. The summed E-state index contributed by atoms with van der Waals surface area (Å²) < 4.78 is 6.17. The van der Waals surface area contributed by atoms with Gasteiger partial charge in [-0.2, -0.15) is 0 Å². The molecule has 5 nitrogen and oxygen atoms in total. The van der Waals surface area contributed by atoms with E-state index >= 15 is 0 Å². The lowest BCUT2D eigenvalue weighted by molar-refractivity contribution is -0.154. The summed E-state index contributed by atoms with van der Waals surface area (Å²) >= 11 is 0. The van der Waals surface area contributed by atoms with E-state index < -0.39 is 0 Å². The Morgan fingerprint density at radius 2 is 0.849 bits per heavy atom. The SMILES string of the molecule is CCCCC/C=C\C/C=C\CCCCCCCCC(OC(=O)CCN(C)C)C(CCCCCCCC/C=C\C/C=C\CCCCC)C(=O)CCN(C)C. The maximum atomic E-state index is 13.7. The van der Waals surface area contributed by atoms with Gasteiger partial charge in [-0.15, -0.1) is 0 Å². The first kappa shape index (κ1) is 51.0. The highest BCUT2D eigenvalue weighted by Crippen LogP contribution is 2.25. The number of unbranched alkanes of at least 4 members (excludes halogenated alkanes) is 18. The molecular formula is C48H88N2O3. The normalized spacial score (nSPS) is 13.5. The first-order valence-corrected chi connectivity index (χ1v) is 22.4. The van der Waals surface area contributed by atoms with Crippen molar-refractivity contribution in [3.05, 3.63) is 48.6 Å². The van der Waals surface area contributed by atoms with Crippen LogP contribution in [0.5, 0.6) is 0 Å². The van der Waals surface area contributed by atoms with Crippen LogP contribution >= 0.6 is 0 Å². The molecule has 0 saturated carbocycles. The lowest BCUT2D eigenvalue weighted by Gasteiger charge is -2.27. The van der Waals surface area contributed by atoms with Gasteiger partial charge in [-0.3, -0.25) is 9.59 Å². The molecule has 0 aliphatic carbocycles. The third-order valence-corrected chi connectivity index (χ3v) is 10.1. The van der Waals surface area contributed by atoms with Gasteiger partial charge in [-0.05, 0) is 112 Å². The lowest BCUT2D eigenvalue weighted by Crippen LogP contribution is -2.35. The zero-order chi connectivity index (χ0) is 39.0. The van der Waals surface area contributed by atoms with Gasteiger partial charge >= 0.3 is 5.97 Å². The van der Waals surface area contributed by atoms with Crippen LogP contribution in [-0.4, -0.2) is 68.9 Å². The van der Waals surface area contributed by atoms with Gasteiger partial charge in [0.1, 0.15) is 11.9 Å². The van der Waals surface area contributed by atoms with Crippen LogP contribution in [0.25, 0.3) is 0 Å². The number of hydrogen-bond donors (Lipinski definition) is 0. The fourth-order valence-electron chi connectivity index (χ4n) is 6.64. The van der Waals surface area contributed by atoms with Crippen molar-refractivity contribution in [3.8, 4) is 0 Å². The second kappa shape index (κ2) is 39.7. The minimum Gasteiger partial charge on any atom is -0.462 e. The minimum atomic E-state index is -0.303. The van der Waals surface area contributed by atoms with Crippen LogP contribution in [0.2, 0.25) is 0 Å². The van der Waals surface area contributed by atoms with Gasteiger partial charge in [-0.1, -0.05) is 146 Å². The Hall–Kier alpha value is -1.98. The van der Waals surface area contributed by atoms with E-state index in [2.05, 4.69) is 67.4 Å². The molecule has 0 N–H and O–H groups in total. The molecule has 0 amide bonds. The average molecular weight is 741 g/mol. The highest BCUT2D eigenvalue weighted by molar-refractivity contribution is 5.82. The van der Waals surface area contributed by atoms with Crippen LogP contribution in [0, 0.1) is 5.92 Å².